The molecule has 0 bridgehead atoms. The predicted molar refractivity (Wildman–Crippen MR) is 69.1 cm³/mol. The van der Waals surface area contributed by atoms with Gasteiger partial charge in [0.05, 0.1) is 18.3 Å². The molecule has 0 radical (unpaired) electrons. The summed E-state index contributed by atoms with van der Waals surface area (Å²) in [6, 6.07) is 3.62. The molecule has 0 saturated heterocycles. The van der Waals surface area contributed by atoms with Crippen molar-refractivity contribution in [1.82, 2.24) is 4.98 Å². The summed E-state index contributed by atoms with van der Waals surface area (Å²) in [6.45, 7) is 5.98. The average molecular weight is 250 g/mol. The zero-order valence-electron chi connectivity index (χ0n) is 10.9. The molecule has 0 atom stereocenters. The molecule has 18 heavy (non-hydrogen) atoms. The molecule has 0 N–H and O–H groups in total. The van der Waals surface area contributed by atoms with E-state index in [1.54, 1.807) is 25.4 Å². The van der Waals surface area contributed by atoms with Gasteiger partial charge in [-0.2, -0.15) is 0 Å². The standard InChI is InChI=1S/C13H18N2O3/c1-4-17-12(16)9-14-8-11-6-5-7-15-13(11)18-10(2)3/h5-8,10H,4,9H2,1-3H3. The first kappa shape index (κ1) is 14.2. The highest BCUT2D eigenvalue weighted by atomic mass is 16.5. The number of pyridine rings is 1. The molecule has 5 heteroatoms. The van der Waals surface area contributed by atoms with Crippen LogP contribution < -0.4 is 4.74 Å². The van der Waals surface area contributed by atoms with Crippen molar-refractivity contribution < 1.29 is 14.3 Å². The largest absolute Gasteiger partial charge is 0.474 e. The second-order valence-electron chi connectivity index (χ2n) is 3.84. The third kappa shape index (κ3) is 4.95. The Kier molecular flexibility index (Phi) is 5.84. The van der Waals surface area contributed by atoms with Crippen molar-refractivity contribution in [1.29, 1.82) is 0 Å². The quantitative estimate of drug-likeness (QED) is 0.571. The van der Waals surface area contributed by atoms with Crippen molar-refractivity contribution in [3.63, 3.8) is 0 Å². The highest BCUT2D eigenvalue weighted by molar-refractivity contribution is 5.84. The molecule has 0 aliphatic heterocycles. The van der Waals surface area contributed by atoms with E-state index in [-0.39, 0.29) is 18.6 Å². The highest BCUT2D eigenvalue weighted by Crippen LogP contribution is 2.13. The fourth-order valence-electron chi connectivity index (χ4n) is 1.25. The number of ether oxygens (including phenoxy) is 2. The maximum Gasteiger partial charge on any atom is 0.327 e. The van der Waals surface area contributed by atoms with Crippen molar-refractivity contribution in [2.45, 2.75) is 26.9 Å². The molecule has 1 aromatic rings. The van der Waals surface area contributed by atoms with Crippen LogP contribution in [0.25, 0.3) is 0 Å². The van der Waals surface area contributed by atoms with Crippen molar-refractivity contribution in [3.05, 3.63) is 23.9 Å². The molecule has 0 aliphatic carbocycles. The number of nitrogens with zero attached hydrogens (tertiary/aromatic N) is 2. The molecule has 0 saturated carbocycles. The van der Waals surface area contributed by atoms with Crippen LogP contribution in [-0.2, 0) is 9.53 Å². The topological polar surface area (TPSA) is 60.8 Å². The lowest BCUT2D eigenvalue weighted by Crippen LogP contribution is -2.10. The molecule has 0 aliphatic rings. The second-order valence-corrected chi connectivity index (χ2v) is 3.84. The first-order valence-electron chi connectivity index (χ1n) is 5.90. The van der Waals surface area contributed by atoms with E-state index in [9.17, 15) is 4.79 Å². The summed E-state index contributed by atoms with van der Waals surface area (Å²) >= 11 is 0. The molecular weight excluding hydrogens is 232 g/mol. The van der Waals surface area contributed by atoms with E-state index in [1.165, 1.54) is 0 Å². The van der Waals surface area contributed by atoms with Gasteiger partial charge in [0, 0.05) is 12.4 Å². The molecule has 1 aromatic heterocycles. The molecule has 5 nitrogen and oxygen atoms in total. The van der Waals surface area contributed by atoms with Crippen LogP contribution in [0.15, 0.2) is 23.3 Å². The van der Waals surface area contributed by atoms with Crippen LogP contribution in [0, 0.1) is 0 Å². The third-order valence-corrected chi connectivity index (χ3v) is 1.90. The molecule has 0 fully saturated rings. The zero-order valence-corrected chi connectivity index (χ0v) is 10.9. The minimum absolute atomic E-state index is 0.00382. The van der Waals surface area contributed by atoms with Crippen LogP contribution in [0.3, 0.4) is 0 Å². The Labute approximate surface area is 107 Å². The fraction of sp³-hybridized carbons (Fsp3) is 0.462. The normalized spacial score (nSPS) is 10.9. The van der Waals surface area contributed by atoms with Crippen LogP contribution in [0.4, 0.5) is 0 Å². The first-order chi connectivity index (χ1) is 8.63. The minimum Gasteiger partial charge on any atom is -0.474 e. The maximum absolute atomic E-state index is 11.1. The van der Waals surface area contributed by atoms with Gasteiger partial charge in [-0.25, -0.2) is 4.98 Å². The van der Waals surface area contributed by atoms with E-state index >= 15 is 0 Å². The third-order valence-electron chi connectivity index (χ3n) is 1.90. The fourth-order valence-corrected chi connectivity index (χ4v) is 1.25. The summed E-state index contributed by atoms with van der Waals surface area (Å²) in [5.74, 6) is 0.170. The molecule has 1 rings (SSSR count). The second kappa shape index (κ2) is 7.42. The van der Waals surface area contributed by atoms with Gasteiger partial charge in [-0.1, -0.05) is 0 Å². The molecule has 0 aromatic carbocycles. The van der Waals surface area contributed by atoms with E-state index < -0.39 is 0 Å². The first-order valence-corrected chi connectivity index (χ1v) is 5.90. The lowest BCUT2D eigenvalue weighted by atomic mass is 10.3. The summed E-state index contributed by atoms with van der Waals surface area (Å²) < 4.78 is 10.3. The minimum atomic E-state index is -0.344. The Morgan fingerprint density at radius 1 is 1.56 bits per heavy atom. The Morgan fingerprint density at radius 3 is 3.00 bits per heavy atom. The monoisotopic (exact) mass is 250 g/mol. The number of rotatable bonds is 6. The number of carbonyl (C=O) groups is 1. The number of esters is 1. The number of aliphatic imine (C=N–C) groups is 1. The summed E-state index contributed by atoms with van der Waals surface area (Å²) in [6.07, 6.45) is 3.26. The number of hydrogen-bond donors (Lipinski definition) is 0. The molecular formula is C13H18N2O3. The van der Waals surface area contributed by atoms with Gasteiger partial charge in [0.1, 0.15) is 6.54 Å². The van der Waals surface area contributed by atoms with Crippen molar-refractivity contribution in [2.75, 3.05) is 13.2 Å². The molecule has 98 valence electrons. The van der Waals surface area contributed by atoms with Crippen LogP contribution >= 0.6 is 0 Å². The van der Waals surface area contributed by atoms with E-state index in [0.717, 1.165) is 5.56 Å². The van der Waals surface area contributed by atoms with Gasteiger partial charge in [0.15, 0.2) is 0 Å². The van der Waals surface area contributed by atoms with Gasteiger partial charge >= 0.3 is 5.97 Å². The van der Waals surface area contributed by atoms with Gasteiger partial charge in [-0.05, 0) is 32.9 Å². The van der Waals surface area contributed by atoms with Crippen LogP contribution in [0.2, 0.25) is 0 Å². The average Bonchev–Trinajstić information content (AvgIpc) is 2.31. The van der Waals surface area contributed by atoms with Crippen molar-refractivity contribution in [3.8, 4) is 5.88 Å². The van der Waals surface area contributed by atoms with Crippen LogP contribution in [0.1, 0.15) is 26.3 Å². The molecule has 1 heterocycles. The van der Waals surface area contributed by atoms with Crippen molar-refractivity contribution in [2.24, 2.45) is 4.99 Å². The highest BCUT2D eigenvalue weighted by Gasteiger charge is 2.04. The maximum atomic E-state index is 11.1. The van der Waals surface area contributed by atoms with Crippen molar-refractivity contribution >= 4 is 12.2 Å². The van der Waals surface area contributed by atoms with Gasteiger partial charge < -0.3 is 9.47 Å². The zero-order chi connectivity index (χ0) is 13.4. The summed E-state index contributed by atoms with van der Waals surface area (Å²) in [7, 11) is 0. The molecule has 0 amide bonds. The lowest BCUT2D eigenvalue weighted by Gasteiger charge is -2.10. The van der Waals surface area contributed by atoms with E-state index in [2.05, 4.69) is 9.98 Å². The summed E-state index contributed by atoms with van der Waals surface area (Å²) in [4.78, 5) is 19.2. The number of hydrogen-bond acceptors (Lipinski definition) is 5. The summed E-state index contributed by atoms with van der Waals surface area (Å²) in [5.41, 5.74) is 0.746. The number of aromatic nitrogens is 1. The van der Waals surface area contributed by atoms with Gasteiger partial charge in [0.25, 0.3) is 0 Å². The smallest absolute Gasteiger partial charge is 0.327 e. The van der Waals surface area contributed by atoms with Crippen LogP contribution in [0.5, 0.6) is 5.88 Å². The van der Waals surface area contributed by atoms with Gasteiger partial charge in [-0.3, -0.25) is 9.79 Å². The molecule has 0 spiro atoms. The van der Waals surface area contributed by atoms with E-state index in [1.807, 2.05) is 19.9 Å². The van der Waals surface area contributed by atoms with Gasteiger partial charge in [-0.15, -0.1) is 0 Å². The Morgan fingerprint density at radius 2 is 2.33 bits per heavy atom. The SMILES string of the molecule is CCOC(=O)CN=Cc1cccnc1OC(C)C. The Hall–Kier alpha value is -1.91. The Balaban J connectivity index is 2.65. The number of carbonyl (C=O) groups excluding carboxylic acids is 1. The van der Waals surface area contributed by atoms with E-state index in [4.69, 9.17) is 9.47 Å². The van der Waals surface area contributed by atoms with Gasteiger partial charge in [0.2, 0.25) is 5.88 Å². The lowest BCUT2D eigenvalue weighted by molar-refractivity contribution is -0.141. The predicted octanol–water partition coefficient (Wildman–Crippen LogP) is 1.85. The Bertz CT molecular complexity index is 416. The summed E-state index contributed by atoms with van der Waals surface area (Å²) in [5, 5.41) is 0. The van der Waals surface area contributed by atoms with E-state index in [0.29, 0.717) is 12.5 Å². The molecule has 0 unspecified atom stereocenters. The van der Waals surface area contributed by atoms with Crippen LogP contribution in [-0.4, -0.2) is 36.4 Å².